The Balaban J connectivity index is 2.12. The Morgan fingerprint density at radius 3 is 2.75 bits per heavy atom. The van der Waals surface area contributed by atoms with Crippen molar-refractivity contribution in [1.29, 1.82) is 0 Å². The average Bonchev–Trinajstić information content (AvgIpc) is 2.05. The van der Waals surface area contributed by atoms with Crippen molar-refractivity contribution in [3.63, 3.8) is 0 Å². The van der Waals surface area contributed by atoms with Crippen molar-refractivity contribution < 1.29 is 9.84 Å². The minimum Gasteiger partial charge on any atom is -0.379 e. The number of aliphatic hydroxyl groups excluding tert-OH is 1. The lowest BCUT2D eigenvalue weighted by Gasteiger charge is -2.25. The fourth-order valence-electron chi connectivity index (χ4n) is 1.13. The predicted octanol–water partition coefficient (Wildman–Crippen LogP) is -0.848. The summed E-state index contributed by atoms with van der Waals surface area (Å²) in [7, 11) is 0. The third-order valence-electron chi connectivity index (χ3n) is 1.80. The second-order valence-electron chi connectivity index (χ2n) is 2.83. The van der Waals surface area contributed by atoms with Gasteiger partial charge in [-0.25, -0.2) is 0 Å². The van der Waals surface area contributed by atoms with E-state index < -0.39 is 6.23 Å². The van der Waals surface area contributed by atoms with Crippen LogP contribution in [0.2, 0.25) is 0 Å². The highest BCUT2D eigenvalue weighted by molar-refractivity contribution is 4.88. The molecule has 1 fully saturated rings. The van der Waals surface area contributed by atoms with E-state index >= 15 is 0 Å². The van der Waals surface area contributed by atoms with Crippen LogP contribution < -0.4 is 5.73 Å². The molecule has 1 atom stereocenters. The molecule has 4 heteroatoms. The molecule has 0 aliphatic carbocycles. The van der Waals surface area contributed by atoms with Crippen molar-refractivity contribution in [2.24, 2.45) is 5.73 Å². The first-order chi connectivity index (χ1) is 5.79. The van der Waals surface area contributed by atoms with E-state index in [0.717, 1.165) is 32.8 Å². The molecule has 0 amide bonds. The van der Waals surface area contributed by atoms with Crippen LogP contribution in [0.15, 0.2) is 12.2 Å². The van der Waals surface area contributed by atoms with E-state index in [-0.39, 0.29) is 0 Å². The SMILES string of the molecule is NC(O)/C=C/CN1CCOCC1. The third-order valence-corrected chi connectivity index (χ3v) is 1.80. The van der Waals surface area contributed by atoms with Gasteiger partial charge in [-0.2, -0.15) is 0 Å². The number of nitrogens with two attached hydrogens (primary N) is 1. The molecule has 0 saturated carbocycles. The number of rotatable bonds is 3. The summed E-state index contributed by atoms with van der Waals surface area (Å²) < 4.78 is 5.19. The number of aliphatic hydroxyl groups is 1. The van der Waals surface area contributed by atoms with Gasteiger partial charge < -0.3 is 15.6 Å². The summed E-state index contributed by atoms with van der Waals surface area (Å²) >= 11 is 0. The lowest BCUT2D eigenvalue weighted by molar-refractivity contribution is 0.0433. The molecular weight excluding hydrogens is 156 g/mol. The van der Waals surface area contributed by atoms with E-state index in [9.17, 15) is 0 Å². The lowest BCUT2D eigenvalue weighted by atomic mass is 10.4. The molecular formula is C8H16N2O2. The van der Waals surface area contributed by atoms with Crippen molar-refractivity contribution in [2.75, 3.05) is 32.8 Å². The van der Waals surface area contributed by atoms with Crippen LogP contribution in [0.4, 0.5) is 0 Å². The zero-order chi connectivity index (χ0) is 8.81. The molecule has 12 heavy (non-hydrogen) atoms. The summed E-state index contributed by atoms with van der Waals surface area (Å²) in [4.78, 5) is 2.25. The van der Waals surface area contributed by atoms with Crippen molar-refractivity contribution in [3.05, 3.63) is 12.2 Å². The summed E-state index contributed by atoms with van der Waals surface area (Å²) in [5.74, 6) is 0. The molecule has 1 saturated heterocycles. The zero-order valence-electron chi connectivity index (χ0n) is 7.15. The van der Waals surface area contributed by atoms with Gasteiger partial charge in [-0.1, -0.05) is 6.08 Å². The number of hydrogen-bond acceptors (Lipinski definition) is 4. The second kappa shape index (κ2) is 5.27. The van der Waals surface area contributed by atoms with Crippen molar-refractivity contribution >= 4 is 0 Å². The fraction of sp³-hybridized carbons (Fsp3) is 0.750. The Morgan fingerprint density at radius 1 is 1.50 bits per heavy atom. The fourth-order valence-corrected chi connectivity index (χ4v) is 1.13. The normalized spacial score (nSPS) is 23.2. The van der Waals surface area contributed by atoms with Crippen molar-refractivity contribution in [3.8, 4) is 0 Å². The number of morpholine rings is 1. The highest BCUT2D eigenvalue weighted by Crippen LogP contribution is 1.95. The average molecular weight is 172 g/mol. The van der Waals surface area contributed by atoms with E-state index in [1.54, 1.807) is 6.08 Å². The first kappa shape index (κ1) is 9.67. The number of hydrogen-bond donors (Lipinski definition) is 2. The van der Waals surface area contributed by atoms with Crippen molar-refractivity contribution in [1.82, 2.24) is 4.90 Å². The number of nitrogens with zero attached hydrogens (tertiary/aromatic N) is 1. The molecule has 1 aliphatic rings. The van der Waals surface area contributed by atoms with E-state index in [2.05, 4.69) is 4.90 Å². The molecule has 0 aromatic rings. The first-order valence-electron chi connectivity index (χ1n) is 4.19. The molecule has 1 heterocycles. The molecule has 0 aromatic heterocycles. The van der Waals surface area contributed by atoms with Gasteiger partial charge in [0.15, 0.2) is 0 Å². The molecule has 1 rings (SSSR count). The smallest absolute Gasteiger partial charge is 0.121 e. The van der Waals surface area contributed by atoms with Gasteiger partial charge in [-0.3, -0.25) is 4.90 Å². The van der Waals surface area contributed by atoms with Crippen LogP contribution in [0.5, 0.6) is 0 Å². The molecule has 0 spiro atoms. The number of ether oxygens (including phenoxy) is 1. The van der Waals surface area contributed by atoms with Crippen LogP contribution in [-0.2, 0) is 4.74 Å². The molecule has 4 nitrogen and oxygen atoms in total. The molecule has 3 N–H and O–H groups in total. The zero-order valence-corrected chi connectivity index (χ0v) is 7.15. The van der Waals surface area contributed by atoms with Gasteiger partial charge in [0.2, 0.25) is 0 Å². The Bertz CT molecular complexity index is 142. The van der Waals surface area contributed by atoms with Crippen LogP contribution in [-0.4, -0.2) is 49.1 Å². The van der Waals surface area contributed by atoms with Gasteiger partial charge in [0, 0.05) is 19.6 Å². The quantitative estimate of drug-likeness (QED) is 0.430. The van der Waals surface area contributed by atoms with Gasteiger partial charge in [-0.15, -0.1) is 0 Å². The van der Waals surface area contributed by atoms with E-state index in [4.69, 9.17) is 15.6 Å². The molecule has 1 unspecified atom stereocenters. The summed E-state index contributed by atoms with van der Waals surface area (Å²) in [5, 5.41) is 8.73. The van der Waals surface area contributed by atoms with Gasteiger partial charge in [0.1, 0.15) is 6.23 Å². The Morgan fingerprint density at radius 2 is 2.17 bits per heavy atom. The predicted molar refractivity (Wildman–Crippen MR) is 46.6 cm³/mol. The van der Waals surface area contributed by atoms with E-state index in [1.807, 2.05) is 6.08 Å². The highest BCUT2D eigenvalue weighted by Gasteiger charge is 2.07. The summed E-state index contributed by atoms with van der Waals surface area (Å²) in [6, 6.07) is 0. The Labute approximate surface area is 72.6 Å². The van der Waals surface area contributed by atoms with Crippen LogP contribution >= 0.6 is 0 Å². The van der Waals surface area contributed by atoms with Gasteiger partial charge in [0.25, 0.3) is 0 Å². The summed E-state index contributed by atoms with van der Waals surface area (Å²) in [6.45, 7) is 4.38. The summed E-state index contributed by atoms with van der Waals surface area (Å²) in [6.07, 6.45) is 2.65. The van der Waals surface area contributed by atoms with Crippen LogP contribution in [0.3, 0.4) is 0 Å². The molecule has 70 valence electrons. The van der Waals surface area contributed by atoms with E-state index in [0.29, 0.717) is 0 Å². The minimum atomic E-state index is -0.828. The molecule has 0 bridgehead atoms. The maximum Gasteiger partial charge on any atom is 0.121 e. The maximum absolute atomic E-state index is 8.73. The standard InChI is InChI=1S/C8H16N2O2/c9-8(11)2-1-3-10-4-6-12-7-5-10/h1-2,8,11H,3-7,9H2/b2-1+. The largest absolute Gasteiger partial charge is 0.379 e. The van der Waals surface area contributed by atoms with Crippen LogP contribution in [0.25, 0.3) is 0 Å². The molecule has 0 radical (unpaired) electrons. The summed E-state index contributed by atoms with van der Waals surface area (Å²) in [5.41, 5.74) is 5.13. The van der Waals surface area contributed by atoms with E-state index in [1.165, 1.54) is 0 Å². The molecule has 0 aromatic carbocycles. The Hall–Kier alpha value is -0.420. The second-order valence-corrected chi connectivity index (χ2v) is 2.83. The maximum atomic E-state index is 8.73. The first-order valence-corrected chi connectivity index (χ1v) is 4.19. The highest BCUT2D eigenvalue weighted by atomic mass is 16.5. The monoisotopic (exact) mass is 172 g/mol. The molecule has 1 aliphatic heterocycles. The van der Waals surface area contributed by atoms with Gasteiger partial charge in [0.05, 0.1) is 13.2 Å². The van der Waals surface area contributed by atoms with Gasteiger partial charge in [-0.05, 0) is 6.08 Å². The Kier molecular flexibility index (Phi) is 4.24. The van der Waals surface area contributed by atoms with Crippen LogP contribution in [0.1, 0.15) is 0 Å². The third kappa shape index (κ3) is 3.82. The topological polar surface area (TPSA) is 58.7 Å². The minimum absolute atomic E-state index is 0.805. The lowest BCUT2D eigenvalue weighted by Crippen LogP contribution is -2.36. The van der Waals surface area contributed by atoms with Gasteiger partial charge >= 0.3 is 0 Å². The van der Waals surface area contributed by atoms with Crippen LogP contribution in [0, 0.1) is 0 Å². The van der Waals surface area contributed by atoms with Crippen molar-refractivity contribution in [2.45, 2.75) is 6.23 Å².